The summed E-state index contributed by atoms with van der Waals surface area (Å²) >= 11 is 12.0. The summed E-state index contributed by atoms with van der Waals surface area (Å²) in [6.07, 6.45) is 0. The van der Waals surface area contributed by atoms with Gasteiger partial charge in [0.2, 0.25) is 10.0 Å². The summed E-state index contributed by atoms with van der Waals surface area (Å²) in [4.78, 5) is 14.0. The Morgan fingerprint density at radius 1 is 1.19 bits per heavy atom. The Labute approximate surface area is 134 Å². The molecule has 1 aromatic carbocycles. The lowest BCUT2D eigenvalue weighted by atomic mass is 10.2. The molecule has 1 amide bonds. The maximum atomic E-state index is 12.4. The van der Waals surface area contributed by atoms with Crippen LogP contribution in [0.15, 0.2) is 18.2 Å². The van der Waals surface area contributed by atoms with E-state index >= 15 is 0 Å². The van der Waals surface area contributed by atoms with E-state index in [1.807, 2.05) is 0 Å². The number of amides is 1. The molecule has 116 valence electrons. The minimum atomic E-state index is -3.20. The van der Waals surface area contributed by atoms with Crippen LogP contribution in [0, 0.1) is 0 Å². The van der Waals surface area contributed by atoms with Crippen LogP contribution in [0.2, 0.25) is 10.0 Å². The molecule has 0 bridgehead atoms. The van der Waals surface area contributed by atoms with E-state index in [0.29, 0.717) is 36.8 Å². The zero-order chi connectivity index (χ0) is 15.6. The van der Waals surface area contributed by atoms with Crippen LogP contribution in [0.1, 0.15) is 17.3 Å². The van der Waals surface area contributed by atoms with Crippen LogP contribution in [-0.4, -0.2) is 55.5 Å². The van der Waals surface area contributed by atoms with Crippen LogP contribution in [-0.2, 0) is 10.0 Å². The quantitative estimate of drug-likeness (QED) is 0.838. The number of carbonyl (C=O) groups is 1. The van der Waals surface area contributed by atoms with Gasteiger partial charge in [-0.3, -0.25) is 4.79 Å². The van der Waals surface area contributed by atoms with Crippen molar-refractivity contribution in [2.24, 2.45) is 0 Å². The molecule has 0 aliphatic carbocycles. The second-order valence-electron chi connectivity index (χ2n) is 4.69. The highest BCUT2D eigenvalue weighted by Crippen LogP contribution is 2.26. The highest BCUT2D eigenvalue weighted by Gasteiger charge is 2.28. The summed E-state index contributed by atoms with van der Waals surface area (Å²) in [5, 5.41) is 0.558. The predicted molar refractivity (Wildman–Crippen MR) is 83.4 cm³/mol. The Kier molecular flexibility index (Phi) is 5.14. The number of sulfonamides is 1. The Balaban J connectivity index is 2.09. The fourth-order valence-electron chi connectivity index (χ4n) is 2.19. The van der Waals surface area contributed by atoms with Gasteiger partial charge in [0.25, 0.3) is 5.91 Å². The largest absolute Gasteiger partial charge is 0.336 e. The lowest BCUT2D eigenvalue weighted by molar-refractivity contribution is 0.0698. The van der Waals surface area contributed by atoms with E-state index in [1.54, 1.807) is 30.0 Å². The highest BCUT2D eigenvalue weighted by molar-refractivity contribution is 7.89. The molecular formula is C13H16Cl2N2O3S. The summed E-state index contributed by atoms with van der Waals surface area (Å²) in [6, 6.07) is 4.90. The van der Waals surface area contributed by atoms with Crippen molar-refractivity contribution in [2.45, 2.75) is 6.92 Å². The average molecular weight is 351 g/mol. The van der Waals surface area contributed by atoms with Gasteiger partial charge in [0.05, 0.1) is 21.4 Å². The van der Waals surface area contributed by atoms with Crippen LogP contribution in [0.5, 0.6) is 0 Å². The normalized spacial score (nSPS) is 17.0. The van der Waals surface area contributed by atoms with Crippen molar-refractivity contribution in [1.29, 1.82) is 0 Å². The number of piperazine rings is 1. The smallest absolute Gasteiger partial charge is 0.255 e. The van der Waals surface area contributed by atoms with Crippen molar-refractivity contribution < 1.29 is 13.2 Å². The molecule has 5 nitrogen and oxygen atoms in total. The molecule has 1 aliphatic heterocycles. The Bertz CT molecular complexity index is 641. The first-order valence-electron chi connectivity index (χ1n) is 6.58. The zero-order valence-electron chi connectivity index (χ0n) is 11.6. The van der Waals surface area contributed by atoms with Crippen LogP contribution >= 0.6 is 23.2 Å². The molecule has 1 heterocycles. The molecule has 2 rings (SSSR count). The van der Waals surface area contributed by atoms with E-state index in [4.69, 9.17) is 23.2 Å². The highest BCUT2D eigenvalue weighted by atomic mass is 35.5. The number of benzene rings is 1. The van der Waals surface area contributed by atoms with Gasteiger partial charge in [-0.15, -0.1) is 0 Å². The van der Waals surface area contributed by atoms with Crippen LogP contribution in [0.25, 0.3) is 0 Å². The Hall–Kier alpha value is -0.820. The van der Waals surface area contributed by atoms with Gasteiger partial charge < -0.3 is 4.90 Å². The van der Waals surface area contributed by atoms with Crippen molar-refractivity contribution in [3.05, 3.63) is 33.8 Å². The summed E-state index contributed by atoms with van der Waals surface area (Å²) in [5.74, 6) is -0.155. The van der Waals surface area contributed by atoms with E-state index < -0.39 is 10.0 Å². The van der Waals surface area contributed by atoms with Crippen LogP contribution in [0.4, 0.5) is 0 Å². The molecule has 0 N–H and O–H groups in total. The second kappa shape index (κ2) is 6.52. The molecule has 1 saturated heterocycles. The van der Waals surface area contributed by atoms with E-state index in [1.165, 1.54) is 4.31 Å². The maximum absolute atomic E-state index is 12.4. The van der Waals surface area contributed by atoms with Crippen LogP contribution < -0.4 is 0 Å². The summed E-state index contributed by atoms with van der Waals surface area (Å²) < 4.78 is 25.0. The van der Waals surface area contributed by atoms with Crippen molar-refractivity contribution in [3.8, 4) is 0 Å². The average Bonchev–Trinajstić information content (AvgIpc) is 2.49. The first-order chi connectivity index (χ1) is 9.86. The molecule has 0 unspecified atom stereocenters. The molecular weight excluding hydrogens is 335 g/mol. The van der Waals surface area contributed by atoms with Crippen molar-refractivity contribution in [1.82, 2.24) is 9.21 Å². The number of carbonyl (C=O) groups excluding carboxylic acids is 1. The topological polar surface area (TPSA) is 57.7 Å². The van der Waals surface area contributed by atoms with Crippen LogP contribution in [0.3, 0.4) is 0 Å². The first kappa shape index (κ1) is 16.5. The Morgan fingerprint density at radius 3 is 2.38 bits per heavy atom. The number of rotatable bonds is 3. The molecule has 1 aliphatic rings. The van der Waals surface area contributed by atoms with Gasteiger partial charge in [-0.1, -0.05) is 29.3 Å². The van der Waals surface area contributed by atoms with E-state index in [9.17, 15) is 13.2 Å². The molecule has 0 spiro atoms. The third kappa shape index (κ3) is 3.51. The van der Waals surface area contributed by atoms with Gasteiger partial charge in [0.1, 0.15) is 0 Å². The van der Waals surface area contributed by atoms with Gasteiger partial charge in [-0.2, -0.15) is 4.31 Å². The predicted octanol–water partition coefficient (Wildman–Crippen LogP) is 2.10. The Morgan fingerprint density at radius 2 is 1.81 bits per heavy atom. The van der Waals surface area contributed by atoms with Crippen molar-refractivity contribution in [3.63, 3.8) is 0 Å². The maximum Gasteiger partial charge on any atom is 0.255 e. The van der Waals surface area contributed by atoms with Gasteiger partial charge in [-0.25, -0.2) is 8.42 Å². The molecule has 21 heavy (non-hydrogen) atoms. The third-order valence-corrected chi connectivity index (χ3v) is 6.17. The molecule has 0 radical (unpaired) electrons. The van der Waals surface area contributed by atoms with Gasteiger partial charge in [0, 0.05) is 26.2 Å². The number of nitrogens with zero attached hydrogens (tertiary/aromatic N) is 2. The number of hydrogen-bond donors (Lipinski definition) is 0. The lowest BCUT2D eigenvalue weighted by Crippen LogP contribution is -2.50. The fourth-order valence-corrected chi connectivity index (χ4v) is 3.66. The van der Waals surface area contributed by atoms with E-state index in [0.717, 1.165) is 0 Å². The lowest BCUT2D eigenvalue weighted by Gasteiger charge is -2.34. The summed E-state index contributed by atoms with van der Waals surface area (Å²) in [5.41, 5.74) is 0.343. The van der Waals surface area contributed by atoms with Gasteiger partial charge >= 0.3 is 0 Å². The standard InChI is InChI=1S/C13H16Cl2N2O3S/c1-2-21(19,20)17-8-6-16(7-9-17)13(18)10-4-3-5-11(14)12(10)15/h3-5H,2,6-9H2,1H3. The minimum absolute atomic E-state index is 0.0705. The monoisotopic (exact) mass is 350 g/mol. The third-order valence-electron chi connectivity index (χ3n) is 3.47. The second-order valence-corrected chi connectivity index (χ2v) is 7.74. The molecule has 0 aromatic heterocycles. The SMILES string of the molecule is CCS(=O)(=O)N1CCN(C(=O)c2cccc(Cl)c2Cl)CC1. The molecule has 1 aromatic rings. The summed E-state index contributed by atoms with van der Waals surface area (Å²) in [6.45, 7) is 2.92. The molecule has 0 saturated carbocycles. The molecule has 8 heteroatoms. The van der Waals surface area contributed by atoms with Gasteiger partial charge in [0.15, 0.2) is 0 Å². The number of halogens is 2. The van der Waals surface area contributed by atoms with Crippen molar-refractivity contribution >= 4 is 39.1 Å². The first-order valence-corrected chi connectivity index (χ1v) is 8.94. The minimum Gasteiger partial charge on any atom is -0.336 e. The van der Waals surface area contributed by atoms with E-state index in [-0.39, 0.29) is 16.7 Å². The molecule has 0 atom stereocenters. The van der Waals surface area contributed by atoms with Gasteiger partial charge in [-0.05, 0) is 19.1 Å². The summed E-state index contributed by atoms with van der Waals surface area (Å²) in [7, 11) is -3.20. The van der Waals surface area contributed by atoms with E-state index in [2.05, 4.69) is 0 Å². The van der Waals surface area contributed by atoms with Crippen molar-refractivity contribution in [2.75, 3.05) is 31.9 Å². The molecule has 1 fully saturated rings. The number of hydrogen-bond acceptors (Lipinski definition) is 3. The zero-order valence-corrected chi connectivity index (χ0v) is 13.9. The fraction of sp³-hybridized carbons (Fsp3) is 0.462.